The molecular weight excluding hydrogens is 338 g/mol. The molecular formula is C18H23N3O3S. The first-order valence-electron chi connectivity index (χ1n) is 8.46. The van der Waals surface area contributed by atoms with Crippen molar-refractivity contribution in [1.29, 1.82) is 0 Å². The minimum absolute atomic E-state index is 0.194. The number of sulfonamides is 1. The van der Waals surface area contributed by atoms with E-state index >= 15 is 0 Å². The molecule has 0 aliphatic carbocycles. The first-order chi connectivity index (χ1) is 11.9. The molecule has 25 heavy (non-hydrogen) atoms. The van der Waals surface area contributed by atoms with Crippen LogP contribution in [0.1, 0.15) is 19.8 Å². The summed E-state index contributed by atoms with van der Waals surface area (Å²) in [6.07, 6.45) is 7.63. The fraction of sp³-hybridized carbons (Fsp3) is 0.500. The van der Waals surface area contributed by atoms with E-state index in [0.29, 0.717) is 24.1 Å². The number of benzene rings is 1. The summed E-state index contributed by atoms with van der Waals surface area (Å²) in [4.78, 5) is 13.5. The maximum atomic E-state index is 12.5. The summed E-state index contributed by atoms with van der Waals surface area (Å²) >= 11 is 0. The van der Waals surface area contributed by atoms with E-state index in [0.717, 1.165) is 25.9 Å². The lowest BCUT2D eigenvalue weighted by atomic mass is 9.76. The number of nitrogens with zero attached hydrogens (tertiary/aromatic N) is 1. The third kappa shape index (κ3) is 4.03. The Balaban J connectivity index is 1.61. The van der Waals surface area contributed by atoms with Gasteiger partial charge < -0.3 is 5.32 Å². The third-order valence-corrected chi connectivity index (χ3v) is 6.53. The molecule has 4 atom stereocenters. The molecule has 0 radical (unpaired) electrons. The maximum absolute atomic E-state index is 12.5. The lowest BCUT2D eigenvalue weighted by Crippen LogP contribution is -2.56. The quantitative estimate of drug-likeness (QED) is 0.774. The van der Waals surface area contributed by atoms with Crippen LogP contribution in [0, 0.1) is 24.2 Å². The molecule has 134 valence electrons. The Bertz CT molecular complexity index is 783. The Morgan fingerprint density at radius 1 is 1.36 bits per heavy atom. The van der Waals surface area contributed by atoms with Gasteiger partial charge >= 0.3 is 0 Å². The topological polar surface area (TPSA) is 78.5 Å². The van der Waals surface area contributed by atoms with Gasteiger partial charge in [0.1, 0.15) is 0 Å². The largest absolute Gasteiger partial charge is 0.326 e. The lowest BCUT2D eigenvalue weighted by Gasteiger charge is -2.48. The molecule has 4 rings (SSSR count). The summed E-state index contributed by atoms with van der Waals surface area (Å²) < 4.78 is 27.7. The average Bonchev–Trinajstić information content (AvgIpc) is 2.60. The predicted octanol–water partition coefficient (Wildman–Crippen LogP) is 1.27. The van der Waals surface area contributed by atoms with Gasteiger partial charge in [-0.15, -0.1) is 12.3 Å². The highest BCUT2D eigenvalue weighted by Crippen LogP contribution is 2.35. The molecule has 7 heteroatoms. The van der Waals surface area contributed by atoms with Crippen LogP contribution in [0.25, 0.3) is 0 Å². The van der Waals surface area contributed by atoms with Gasteiger partial charge in [-0.3, -0.25) is 9.69 Å². The number of amides is 1. The Labute approximate surface area is 149 Å². The minimum Gasteiger partial charge on any atom is -0.326 e. The zero-order chi connectivity index (χ0) is 18.0. The molecule has 1 amide bonds. The monoisotopic (exact) mass is 361 g/mol. The molecule has 3 fully saturated rings. The van der Waals surface area contributed by atoms with Gasteiger partial charge in [0, 0.05) is 37.7 Å². The van der Waals surface area contributed by atoms with E-state index in [1.807, 2.05) is 0 Å². The van der Waals surface area contributed by atoms with Gasteiger partial charge in [-0.1, -0.05) is 0 Å². The van der Waals surface area contributed by atoms with E-state index in [1.54, 1.807) is 12.1 Å². The maximum Gasteiger partial charge on any atom is 0.240 e. The molecule has 0 aromatic heterocycles. The van der Waals surface area contributed by atoms with E-state index < -0.39 is 10.0 Å². The van der Waals surface area contributed by atoms with Crippen molar-refractivity contribution < 1.29 is 13.2 Å². The van der Waals surface area contributed by atoms with Gasteiger partial charge in [-0.25, -0.2) is 13.1 Å². The lowest BCUT2D eigenvalue weighted by molar-refractivity contribution is -0.114. The van der Waals surface area contributed by atoms with Gasteiger partial charge in [-0.2, -0.15) is 0 Å². The van der Waals surface area contributed by atoms with Crippen LogP contribution >= 0.6 is 0 Å². The SMILES string of the molecule is C#C[C@H]1CN2CC[C@H]1C[C@@H]2CNS(=O)(=O)c1ccc(NC(C)=O)cc1. The molecule has 1 aromatic rings. The Hall–Kier alpha value is -1.88. The van der Waals surface area contributed by atoms with Crippen molar-refractivity contribution in [3.8, 4) is 12.3 Å². The highest BCUT2D eigenvalue weighted by molar-refractivity contribution is 7.89. The number of rotatable bonds is 5. The second-order valence-corrected chi connectivity index (χ2v) is 8.53. The van der Waals surface area contributed by atoms with Gasteiger partial charge in [-0.05, 0) is 49.6 Å². The second kappa shape index (κ2) is 7.16. The van der Waals surface area contributed by atoms with Gasteiger partial charge in [0.2, 0.25) is 15.9 Å². The fourth-order valence-corrected chi connectivity index (χ4v) is 4.82. The molecule has 3 aliphatic rings. The van der Waals surface area contributed by atoms with Gasteiger partial charge in [0.25, 0.3) is 0 Å². The van der Waals surface area contributed by atoms with Crippen molar-refractivity contribution >= 4 is 21.6 Å². The number of piperidine rings is 3. The molecule has 3 aliphatic heterocycles. The van der Waals surface area contributed by atoms with Crippen LogP contribution in [0.15, 0.2) is 29.2 Å². The molecule has 3 saturated heterocycles. The predicted molar refractivity (Wildman–Crippen MR) is 96.3 cm³/mol. The van der Waals surface area contributed by atoms with Crippen molar-refractivity contribution in [2.24, 2.45) is 11.8 Å². The Morgan fingerprint density at radius 3 is 2.64 bits per heavy atom. The summed E-state index contributed by atoms with van der Waals surface area (Å²) in [5, 5.41) is 2.62. The summed E-state index contributed by atoms with van der Waals surface area (Å²) in [6, 6.07) is 6.36. The summed E-state index contributed by atoms with van der Waals surface area (Å²) in [5.74, 6) is 3.46. The summed E-state index contributed by atoms with van der Waals surface area (Å²) in [5.41, 5.74) is 0.572. The van der Waals surface area contributed by atoms with Crippen LogP contribution in [-0.4, -0.2) is 44.9 Å². The number of hydrogen-bond acceptors (Lipinski definition) is 4. The molecule has 0 saturated carbocycles. The first-order valence-corrected chi connectivity index (χ1v) is 9.95. The highest BCUT2D eigenvalue weighted by atomic mass is 32.2. The van der Waals surface area contributed by atoms with Crippen molar-refractivity contribution in [3.05, 3.63) is 24.3 Å². The number of fused-ring (bicyclic) bond motifs is 3. The minimum atomic E-state index is -3.57. The standard InChI is InChI=1S/C18H23N3O3S/c1-3-14-12-21-9-8-15(14)10-17(21)11-19-25(23,24)18-6-4-16(5-7-18)20-13(2)22/h1,4-7,14-15,17,19H,8-12H2,2H3,(H,20,22)/t14-,15-,17+/m0/s1. The zero-order valence-electron chi connectivity index (χ0n) is 14.2. The van der Waals surface area contributed by atoms with Crippen LogP contribution in [-0.2, 0) is 14.8 Å². The van der Waals surface area contributed by atoms with Crippen molar-refractivity contribution in [2.75, 3.05) is 25.0 Å². The smallest absolute Gasteiger partial charge is 0.240 e. The Kier molecular flexibility index (Phi) is 5.13. The number of carbonyl (C=O) groups excluding carboxylic acids is 1. The van der Waals surface area contributed by atoms with E-state index in [1.165, 1.54) is 19.1 Å². The number of terminal acetylenes is 1. The molecule has 2 N–H and O–H groups in total. The fourth-order valence-electron chi connectivity index (χ4n) is 3.75. The van der Waals surface area contributed by atoms with Crippen LogP contribution in [0.3, 0.4) is 0 Å². The summed E-state index contributed by atoms with van der Waals surface area (Å²) in [6.45, 7) is 3.65. The molecule has 6 nitrogen and oxygen atoms in total. The first kappa shape index (κ1) is 17.9. The molecule has 0 spiro atoms. The van der Waals surface area contributed by atoms with Crippen LogP contribution in [0.4, 0.5) is 5.69 Å². The van der Waals surface area contributed by atoms with Crippen LogP contribution < -0.4 is 10.0 Å². The van der Waals surface area contributed by atoms with Crippen LogP contribution in [0.2, 0.25) is 0 Å². The molecule has 3 heterocycles. The number of carbonyl (C=O) groups is 1. The second-order valence-electron chi connectivity index (χ2n) is 6.76. The van der Waals surface area contributed by atoms with Gasteiger partial charge in [0.15, 0.2) is 0 Å². The molecule has 2 bridgehead atoms. The normalized spacial score (nSPS) is 28.3. The van der Waals surface area contributed by atoms with Crippen molar-refractivity contribution in [1.82, 2.24) is 9.62 Å². The van der Waals surface area contributed by atoms with Crippen LogP contribution in [0.5, 0.6) is 0 Å². The van der Waals surface area contributed by atoms with E-state index in [-0.39, 0.29) is 16.8 Å². The Morgan fingerprint density at radius 2 is 2.08 bits per heavy atom. The van der Waals surface area contributed by atoms with Crippen molar-refractivity contribution in [2.45, 2.75) is 30.7 Å². The third-order valence-electron chi connectivity index (χ3n) is 5.09. The number of hydrogen-bond donors (Lipinski definition) is 2. The molecule has 1 aromatic carbocycles. The number of anilines is 1. The van der Waals surface area contributed by atoms with E-state index in [9.17, 15) is 13.2 Å². The zero-order valence-corrected chi connectivity index (χ0v) is 15.1. The molecule has 1 unspecified atom stereocenters. The van der Waals surface area contributed by atoms with Gasteiger partial charge in [0.05, 0.1) is 4.90 Å². The van der Waals surface area contributed by atoms with E-state index in [2.05, 4.69) is 20.9 Å². The highest BCUT2D eigenvalue weighted by Gasteiger charge is 2.39. The van der Waals surface area contributed by atoms with E-state index in [4.69, 9.17) is 6.42 Å². The summed E-state index contributed by atoms with van der Waals surface area (Å²) in [7, 11) is -3.57. The average molecular weight is 361 g/mol. The number of nitrogens with one attached hydrogen (secondary N) is 2. The van der Waals surface area contributed by atoms with Crippen molar-refractivity contribution in [3.63, 3.8) is 0 Å².